The second-order valence-electron chi connectivity index (χ2n) is 9.88. The van der Waals surface area contributed by atoms with E-state index in [2.05, 4.69) is 10.6 Å². The molecule has 1 saturated carbocycles. The molecule has 1 aliphatic rings. The number of rotatable bonds is 8. The number of hydrogen-bond acceptors (Lipinski definition) is 6. The number of ether oxygens (including phenoxy) is 1. The topological polar surface area (TPSA) is 128 Å². The van der Waals surface area contributed by atoms with Gasteiger partial charge in [-0.2, -0.15) is 0 Å². The molecule has 0 spiro atoms. The third-order valence-corrected chi connectivity index (χ3v) is 5.80. The number of phenols is 1. The van der Waals surface area contributed by atoms with Crippen LogP contribution in [0.5, 0.6) is 5.75 Å². The number of carbonyl (C=O) groups excluding carboxylic acids is 3. The maximum absolute atomic E-state index is 13.5. The van der Waals surface area contributed by atoms with Crippen LogP contribution >= 0.6 is 0 Å². The Balaban J connectivity index is 2.36. The number of amides is 3. The zero-order valence-electron chi connectivity index (χ0n) is 20.9. The highest BCUT2D eigenvalue weighted by Crippen LogP contribution is 2.32. The highest BCUT2D eigenvalue weighted by Gasteiger charge is 2.37. The minimum absolute atomic E-state index is 0.0147. The molecular weight excluding hydrogens is 438 g/mol. The van der Waals surface area contributed by atoms with Gasteiger partial charge in [-0.25, -0.2) is 4.79 Å². The van der Waals surface area contributed by atoms with Crippen molar-refractivity contribution < 1.29 is 29.3 Å². The molecule has 34 heavy (non-hydrogen) atoms. The van der Waals surface area contributed by atoms with E-state index < -0.39 is 42.2 Å². The van der Waals surface area contributed by atoms with Gasteiger partial charge in [-0.15, -0.1) is 0 Å². The second-order valence-corrected chi connectivity index (χ2v) is 9.88. The molecule has 190 valence electrons. The minimum atomic E-state index is -1.18. The van der Waals surface area contributed by atoms with E-state index in [-0.39, 0.29) is 23.9 Å². The van der Waals surface area contributed by atoms with Crippen molar-refractivity contribution >= 4 is 17.9 Å². The number of aromatic hydroxyl groups is 1. The summed E-state index contributed by atoms with van der Waals surface area (Å²) in [5.74, 6) is -1.10. The van der Waals surface area contributed by atoms with Crippen LogP contribution in [0.3, 0.4) is 0 Å². The van der Waals surface area contributed by atoms with Gasteiger partial charge in [0.15, 0.2) is 0 Å². The third-order valence-electron chi connectivity index (χ3n) is 5.80. The summed E-state index contributed by atoms with van der Waals surface area (Å²) in [6.45, 7) is 7.78. The molecule has 3 amide bonds. The molecule has 0 bridgehead atoms. The van der Waals surface area contributed by atoms with Crippen LogP contribution in [0.2, 0.25) is 0 Å². The Kier molecular flexibility index (Phi) is 9.73. The number of para-hydroxylation sites is 1. The zero-order chi connectivity index (χ0) is 25.5. The van der Waals surface area contributed by atoms with Crippen molar-refractivity contribution in [1.29, 1.82) is 0 Å². The summed E-state index contributed by atoms with van der Waals surface area (Å²) >= 11 is 0. The fourth-order valence-electron chi connectivity index (χ4n) is 4.15. The lowest BCUT2D eigenvalue weighted by Gasteiger charge is -2.35. The van der Waals surface area contributed by atoms with E-state index in [9.17, 15) is 24.6 Å². The molecule has 0 heterocycles. The molecular formula is C25H39N3O6. The molecule has 1 aromatic carbocycles. The summed E-state index contributed by atoms with van der Waals surface area (Å²) in [6.07, 6.45) is 4.09. The molecule has 9 heteroatoms. The van der Waals surface area contributed by atoms with Crippen molar-refractivity contribution in [2.24, 2.45) is 0 Å². The predicted octanol–water partition coefficient (Wildman–Crippen LogP) is 2.92. The highest BCUT2D eigenvalue weighted by molar-refractivity contribution is 5.92. The first-order valence-electron chi connectivity index (χ1n) is 11.9. The van der Waals surface area contributed by atoms with Crippen LogP contribution in [-0.2, 0) is 14.3 Å². The van der Waals surface area contributed by atoms with Crippen molar-refractivity contribution in [2.45, 2.75) is 90.4 Å². The van der Waals surface area contributed by atoms with Crippen LogP contribution in [0, 0.1) is 6.92 Å². The number of aliphatic hydroxyl groups is 1. The van der Waals surface area contributed by atoms with Gasteiger partial charge in [0.1, 0.15) is 23.4 Å². The van der Waals surface area contributed by atoms with Crippen LogP contribution < -0.4 is 10.6 Å². The standard InChI is InChI=1S/C25H39N3O6/c1-16-10-9-13-19(21(16)30)20(22(31)27-18-11-7-6-8-12-18)28(14-15-29)23(32)17(2)26-24(33)34-25(3,4)5/h9-10,13,17-18,20,29-30H,6-8,11-12,14-15H2,1-5H3,(H,26,33)(H,27,31). The number of alkyl carbamates (subject to hydrolysis) is 1. The summed E-state index contributed by atoms with van der Waals surface area (Å²) < 4.78 is 5.24. The Morgan fingerprint density at radius 2 is 1.82 bits per heavy atom. The number of hydrogen-bond donors (Lipinski definition) is 4. The van der Waals surface area contributed by atoms with Crippen molar-refractivity contribution in [3.8, 4) is 5.75 Å². The van der Waals surface area contributed by atoms with Gasteiger partial charge in [-0.05, 0) is 53.0 Å². The number of nitrogens with zero attached hydrogens (tertiary/aromatic N) is 1. The minimum Gasteiger partial charge on any atom is -0.507 e. The van der Waals surface area contributed by atoms with Crippen molar-refractivity contribution in [3.63, 3.8) is 0 Å². The Morgan fingerprint density at radius 1 is 1.18 bits per heavy atom. The summed E-state index contributed by atoms with van der Waals surface area (Å²) in [5.41, 5.74) is 0.0804. The van der Waals surface area contributed by atoms with E-state index in [1.54, 1.807) is 45.9 Å². The van der Waals surface area contributed by atoms with Gasteiger partial charge in [-0.1, -0.05) is 37.5 Å². The van der Waals surface area contributed by atoms with Gasteiger partial charge < -0.3 is 30.5 Å². The van der Waals surface area contributed by atoms with Gasteiger partial charge in [-0.3, -0.25) is 9.59 Å². The van der Waals surface area contributed by atoms with Crippen LogP contribution in [0.25, 0.3) is 0 Å². The molecule has 2 rings (SSSR count). The molecule has 1 aliphatic carbocycles. The first-order valence-corrected chi connectivity index (χ1v) is 11.9. The van der Waals surface area contributed by atoms with Crippen LogP contribution in [0.4, 0.5) is 4.79 Å². The van der Waals surface area contributed by atoms with E-state index in [1.807, 2.05) is 0 Å². The molecule has 2 unspecified atom stereocenters. The van der Waals surface area contributed by atoms with Gasteiger partial charge in [0.25, 0.3) is 0 Å². The average molecular weight is 478 g/mol. The van der Waals surface area contributed by atoms with E-state index in [0.717, 1.165) is 32.1 Å². The highest BCUT2D eigenvalue weighted by atomic mass is 16.6. The van der Waals surface area contributed by atoms with Gasteiger partial charge in [0.05, 0.1) is 6.61 Å². The van der Waals surface area contributed by atoms with E-state index in [1.165, 1.54) is 11.8 Å². The quantitative estimate of drug-likeness (QED) is 0.456. The number of aliphatic hydroxyl groups excluding tert-OH is 1. The monoisotopic (exact) mass is 477 g/mol. The maximum Gasteiger partial charge on any atom is 0.408 e. The summed E-state index contributed by atoms with van der Waals surface area (Å²) in [7, 11) is 0. The Hall–Kier alpha value is -2.81. The van der Waals surface area contributed by atoms with Crippen molar-refractivity contribution in [3.05, 3.63) is 29.3 Å². The maximum atomic E-state index is 13.5. The molecule has 0 aromatic heterocycles. The normalized spacial score (nSPS) is 16.3. The molecule has 0 radical (unpaired) electrons. The number of carbonyl (C=O) groups is 3. The number of phenolic OH excluding ortho intramolecular Hbond substituents is 1. The molecule has 4 N–H and O–H groups in total. The van der Waals surface area contributed by atoms with Crippen LogP contribution in [-0.4, -0.2) is 63.9 Å². The fourth-order valence-corrected chi connectivity index (χ4v) is 4.15. The molecule has 0 saturated heterocycles. The third kappa shape index (κ3) is 7.62. The second kappa shape index (κ2) is 12.1. The fraction of sp³-hybridized carbons (Fsp3) is 0.640. The lowest BCUT2D eigenvalue weighted by Crippen LogP contribution is -2.53. The molecule has 1 aromatic rings. The first kappa shape index (κ1) is 27.4. The lowest BCUT2D eigenvalue weighted by molar-refractivity contribution is -0.143. The number of aryl methyl sites for hydroxylation is 1. The van der Waals surface area contributed by atoms with E-state index in [4.69, 9.17) is 4.74 Å². The molecule has 1 fully saturated rings. The predicted molar refractivity (Wildman–Crippen MR) is 128 cm³/mol. The number of nitrogens with one attached hydrogen (secondary N) is 2. The van der Waals surface area contributed by atoms with E-state index in [0.29, 0.717) is 5.56 Å². The Labute approximate surface area is 201 Å². The van der Waals surface area contributed by atoms with Gasteiger partial charge in [0.2, 0.25) is 11.8 Å². The summed E-state index contributed by atoms with van der Waals surface area (Å²) in [6, 6.07) is 2.79. The van der Waals surface area contributed by atoms with Crippen LogP contribution in [0.15, 0.2) is 18.2 Å². The molecule has 2 atom stereocenters. The SMILES string of the molecule is Cc1cccc(C(C(=O)NC2CCCCC2)N(CCO)C(=O)C(C)NC(=O)OC(C)(C)C)c1O. The zero-order valence-corrected chi connectivity index (χ0v) is 20.9. The molecule has 9 nitrogen and oxygen atoms in total. The first-order chi connectivity index (χ1) is 15.9. The average Bonchev–Trinajstić information content (AvgIpc) is 2.75. The number of benzene rings is 1. The molecule has 0 aliphatic heterocycles. The van der Waals surface area contributed by atoms with Gasteiger partial charge in [0, 0.05) is 18.2 Å². The van der Waals surface area contributed by atoms with E-state index >= 15 is 0 Å². The smallest absolute Gasteiger partial charge is 0.408 e. The lowest BCUT2D eigenvalue weighted by atomic mass is 9.94. The van der Waals surface area contributed by atoms with Crippen LogP contribution in [0.1, 0.15) is 77.0 Å². The van der Waals surface area contributed by atoms with Crippen molar-refractivity contribution in [2.75, 3.05) is 13.2 Å². The van der Waals surface area contributed by atoms with Gasteiger partial charge >= 0.3 is 6.09 Å². The summed E-state index contributed by atoms with van der Waals surface area (Å²) in [4.78, 5) is 40.4. The van der Waals surface area contributed by atoms with Crippen molar-refractivity contribution in [1.82, 2.24) is 15.5 Å². The Bertz CT molecular complexity index is 861. The Morgan fingerprint density at radius 3 is 2.41 bits per heavy atom. The largest absolute Gasteiger partial charge is 0.507 e. The summed E-state index contributed by atoms with van der Waals surface area (Å²) in [5, 5.41) is 26.0.